The van der Waals surface area contributed by atoms with E-state index in [1.54, 1.807) is 0 Å². The number of nitrogens with one attached hydrogen (secondary N) is 1. The summed E-state index contributed by atoms with van der Waals surface area (Å²) in [6.45, 7) is 4.75. The Labute approximate surface area is 170 Å². The number of halogens is 3. The Morgan fingerprint density at radius 2 is 1.55 bits per heavy atom. The monoisotopic (exact) mass is 402 g/mol. The van der Waals surface area contributed by atoms with Crippen molar-refractivity contribution in [2.45, 2.75) is 57.5 Å². The van der Waals surface area contributed by atoms with Crippen molar-refractivity contribution in [3.63, 3.8) is 0 Å². The van der Waals surface area contributed by atoms with Crippen LogP contribution in [0.15, 0.2) is 42.5 Å². The predicted octanol–water partition coefficient (Wildman–Crippen LogP) is 7.14. The van der Waals surface area contributed by atoms with Gasteiger partial charge in [0.1, 0.15) is 0 Å². The van der Waals surface area contributed by atoms with Crippen molar-refractivity contribution in [3.8, 4) is 0 Å². The van der Waals surface area contributed by atoms with Crippen LogP contribution in [0, 0.1) is 17.8 Å². The fourth-order valence-electron chi connectivity index (χ4n) is 5.83. The van der Waals surface area contributed by atoms with Gasteiger partial charge in [-0.2, -0.15) is 13.2 Å². The smallest absolute Gasteiger partial charge is 0.399 e. The molecule has 2 fully saturated rings. The third-order valence-corrected chi connectivity index (χ3v) is 6.77. The van der Waals surface area contributed by atoms with Gasteiger partial charge in [0.2, 0.25) is 0 Å². The second-order valence-electron chi connectivity index (χ2n) is 9.56. The molecule has 2 unspecified atom stereocenters. The van der Waals surface area contributed by atoms with Crippen LogP contribution >= 0.6 is 0 Å². The SMILES string of the molecule is CC1CC2CC(C1)CC(C)(c1ccc(Nc3cc(N)cc(C(F)(F)F)c3)cc1)C2. The standard InChI is InChI=1S/C24H29F3N2/c1-15-7-16-9-17(8-15)14-23(2,13-16)18-3-5-21(6-4-18)29-22-11-19(24(25,26)27)10-20(28)12-22/h3-6,10-12,15-17,29H,7-9,13-14,28H2,1-2H3. The van der Waals surface area contributed by atoms with Gasteiger partial charge < -0.3 is 11.1 Å². The summed E-state index contributed by atoms with van der Waals surface area (Å²) in [7, 11) is 0. The number of hydrogen-bond donors (Lipinski definition) is 2. The Kier molecular flexibility index (Phi) is 5.04. The van der Waals surface area contributed by atoms with E-state index in [1.165, 1.54) is 43.7 Å². The highest BCUT2D eigenvalue weighted by Crippen LogP contribution is 2.51. The molecule has 2 aliphatic carbocycles. The number of benzene rings is 2. The number of alkyl halides is 3. The van der Waals surface area contributed by atoms with Gasteiger partial charge in [0.15, 0.2) is 0 Å². The van der Waals surface area contributed by atoms with E-state index in [2.05, 4.69) is 31.3 Å². The minimum Gasteiger partial charge on any atom is -0.399 e. The normalized spacial score (nSPS) is 29.5. The number of nitrogens with two attached hydrogens (primary N) is 1. The molecule has 29 heavy (non-hydrogen) atoms. The molecule has 156 valence electrons. The van der Waals surface area contributed by atoms with Crippen molar-refractivity contribution >= 4 is 17.1 Å². The fraction of sp³-hybridized carbons (Fsp3) is 0.500. The molecule has 4 rings (SSSR count). The molecule has 2 atom stereocenters. The van der Waals surface area contributed by atoms with Crippen LogP contribution in [0.1, 0.15) is 57.1 Å². The second-order valence-corrected chi connectivity index (χ2v) is 9.56. The van der Waals surface area contributed by atoms with Crippen molar-refractivity contribution in [2.24, 2.45) is 17.8 Å². The summed E-state index contributed by atoms with van der Waals surface area (Å²) in [5.74, 6) is 2.47. The quantitative estimate of drug-likeness (QED) is 0.536. The summed E-state index contributed by atoms with van der Waals surface area (Å²) in [5.41, 5.74) is 7.64. The lowest BCUT2D eigenvalue weighted by atomic mass is 9.57. The molecule has 5 heteroatoms. The first-order valence-corrected chi connectivity index (χ1v) is 10.5. The van der Waals surface area contributed by atoms with E-state index in [4.69, 9.17) is 5.73 Å². The number of rotatable bonds is 3. The van der Waals surface area contributed by atoms with Crippen LogP contribution in [0.25, 0.3) is 0 Å². The molecule has 2 saturated carbocycles. The van der Waals surface area contributed by atoms with Crippen LogP contribution in [0.2, 0.25) is 0 Å². The average Bonchev–Trinajstić information content (AvgIpc) is 2.59. The fourth-order valence-corrected chi connectivity index (χ4v) is 5.83. The largest absolute Gasteiger partial charge is 0.416 e. The number of fused-ring (bicyclic) bond motifs is 2. The molecule has 0 saturated heterocycles. The third-order valence-electron chi connectivity index (χ3n) is 6.77. The zero-order valence-electron chi connectivity index (χ0n) is 17.0. The molecule has 0 aliphatic heterocycles. The topological polar surface area (TPSA) is 38.0 Å². The molecule has 2 bridgehead atoms. The van der Waals surface area contributed by atoms with Crippen molar-refractivity contribution in [3.05, 3.63) is 53.6 Å². The van der Waals surface area contributed by atoms with Gasteiger partial charge in [-0.3, -0.25) is 0 Å². The van der Waals surface area contributed by atoms with Gasteiger partial charge in [-0.25, -0.2) is 0 Å². The number of anilines is 3. The van der Waals surface area contributed by atoms with Crippen LogP contribution in [0.4, 0.5) is 30.2 Å². The molecule has 0 spiro atoms. The molecular formula is C24H29F3N2. The number of hydrogen-bond acceptors (Lipinski definition) is 2. The Morgan fingerprint density at radius 1 is 0.931 bits per heavy atom. The van der Waals surface area contributed by atoms with Crippen LogP contribution in [-0.4, -0.2) is 0 Å². The zero-order valence-corrected chi connectivity index (χ0v) is 17.0. The van der Waals surface area contributed by atoms with E-state index in [-0.39, 0.29) is 11.1 Å². The third kappa shape index (κ3) is 4.39. The Morgan fingerprint density at radius 3 is 2.14 bits per heavy atom. The summed E-state index contributed by atoms with van der Waals surface area (Å²) < 4.78 is 39.1. The first-order valence-electron chi connectivity index (χ1n) is 10.5. The predicted molar refractivity (Wildman–Crippen MR) is 112 cm³/mol. The molecule has 0 radical (unpaired) electrons. The second kappa shape index (κ2) is 7.26. The molecule has 2 aromatic carbocycles. The Balaban J connectivity index is 1.51. The van der Waals surface area contributed by atoms with Gasteiger partial charge in [-0.05, 0) is 91.2 Å². The van der Waals surface area contributed by atoms with E-state index in [1.807, 2.05) is 12.1 Å². The van der Waals surface area contributed by atoms with E-state index in [0.717, 1.165) is 35.6 Å². The minimum absolute atomic E-state index is 0.0921. The highest BCUT2D eigenvalue weighted by Gasteiger charge is 2.41. The zero-order chi connectivity index (χ0) is 20.8. The maximum Gasteiger partial charge on any atom is 0.416 e. The van der Waals surface area contributed by atoms with Gasteiger partial charge in [-0.15, -0.1) is 0 Å². The summed E-state index contributed by atoms with van der Waals surface area (Å²) in [6, 6.07) is 11.8. The maximum atomic E-state index is 13.0. The molecule has 2 aliphatic rings. The molecule has 3 N–H and O–H groups in total. The lowest BCUT2D eigenvalue weighted by Gasteiger charge is -2.47. The van der Waals surface area contributed by atoms with Crippen LogP contribution in [0.3, 0.4) is 0 Å². The van der Waals surface area contributed by atoms with E-state index in [9.17, 15) is 13.2 Å². The van der Waals surface area contributed by atoms with E-state index in [0.29, 0.717) is 5.69 Å². The Hall–Kier alpha value is -2.17. The van der Waals surface area contributed by atoms with Crippen molar-refractivity contribution in [2.75, 3.05) is 11.1 Å². The van der Waals surface area contributed by atoms with Gasteiger partial charge in [0, 0.05) is 17.1 Å². The van der Waals surface area contributed by atoms with E-state index >= 15 is 0 Å². The van der Waals surface area contributed by atoms with Crippen molar-refractivity contribution in [1.29, 1.82) is 0 Å². The summed E-state index contributed by atoms with van der Waals surface area (Å²) in [5, 5.41) is 3.07. The Bertz CT molecular complexity index is 855. The summed E-state index contributed by atoms with van der Waals surface area (Å²) in [4.78, 5) is 0. The molecule has 2 aromatic rings. The first-order chi connectivity index (χ1) is 13.6. The van der Waals surface area contributed by atoms with Gasteiger partial charge in [0.05, 0.1) is 5.56 Å². The van der Waals surface area contributed by atoms with Gasteiger partial charge in [-0.1, -0.05) is 26.0 Å². The average molecular weight is 403 g/mol. The molecule has 0 heterocycles. The molecule has 2 nitrogen and oxygen atoms in total. The first kappa shape index (κ1) is 20.1. The van der Waals surface area contributed by atoms with Crippen LogP contribution in [0.5, 0.6) is 0 Å². The van der Waals surface area contributed by atoms with Gasteiger partial charge in [0.25, 0.3) is 0 Å². The maximum absolute atomic E-state index is 13.0. The highest BCUT2D eigenvalue weighted by atomic mass is 19.4. The van der Waals surface area contributed by atoms with E-state index < -0.39 is 11.7 Å². The molecule has 0 amide bonds. The van der Waals surface area contributed by atoms with Crippen molar-refractivity contribution in [1.82, 2.24) is 0 Å². The highest BCUT2D eigenvalue weighted by molar-refractivity contribution is 5.65. The molecule has 0 aromatic heterocycles. The van der Waals surface area contributed by atoms with Crippen molar-refractivity contribution < 1.29 is 13.2 Å². The summed E-state index contributed by atoms with van der Waals surface area (Å²) >= 11 is 0. The number of nitrogen functional groups attached to an aromatic ring is 1. The molecular weight excluding hydrogens is 373 g/mol. The lowest BCUT2D eigenvalue weighted by Crippen LogP contribution is -2.38. The minimum atomic E-state index is -4.42. The van der Waals surface area contributed by atoms with Crippen LogP contribution in [-0.2, 0) is 11.6 Å². The summed E-state index contributed by atoms with van der Waals surface area (Å²) in [6.07, 6.45) is 2.08. The van der Waals surface area contributed by atoms with Gasteiger partial charge >= 0.3 is 6.18 Å². The van der Waals surface area contributed by atoms with Crippen LogP contribution < -0.4 is 11.1 Å². The lowest BCUT2D eigenvalue weighted by molar-refractivity contribution is -0.137.